The molecule has 0 saturated carbocycles. The third-order valence-electron chi connectivity index (χ3n) is 3.44. The number of nitrogens with zero attached hydrogens (tertiary/aromatic N) is 1. The van der Waals surface area contributed by atoms with Crippen LogP contribution in [-0.2, 0) is 4.74 Å². The van der Waals surface area contributed by atoms with Gasteiger partial charge in [-0.2, -0.15) is 5.10 Å². The predicted octanol–water partition coefficient (Wildman–Crippen LogP) is 1.01. The monoisotopic (exact) mass is 287 g/mol. The van der Waals surface area contributed by atoms with Crippen molar-refractivity contribution in [2.45, 2.75) is 25.4 Å². The predicted molar refractivity (Wildman–Crippen MR) is 72.5 cm³/mol. The van der Waals surface area contributed by atoms with Crippen molar-refractivity contribution in [3.63, 3.8) is 0 Å². The molecule has 1 saturated heterocycles. The van der Waals surface area contributed by atoms with Crippen LogP contribution < -0.4 is 10.9 Å². The molecular formula is C12H18ClN3O3. The first-order valence-electron chi connectivity index (χ1n) is 6.28. The van der Waals surface area contributed by atoms with E-state index in [-0.39, 0.29) is 23.2 Å². The second-order valence-electron chi connectivity index (χ2n) is 5.06. The van der Waals surface area contributed by atoms with Crippen molar-refractivity contribution in [2.75, 3.05) is 25.1 Å². The van der Waals surface area contributed by atoms with Gasteiger partial charge in [0.1, 0.15) is 0 Å². The van der Waals surface area contributed by atoms with Crippen molar-refractivity contribution in [1.82, 2.24) is 10.2 Å². The first-order valence-corrected chi connectivity index (χ1v) is 6.66. The van der Waals surface area contributed by atoms with Crippen molar-refractivity contribution in [1.29, 1.82) is 0 Å². The molecule has 0 aliphatic carbocycles. The lowest BCUT2D eigenvalue weighted by molar-refractivity contribution is -0.0598. The number of aromatic nitrogens is 2. The van der Waals surface area contributed by atoms with Gasteiger partial charge in [-0.25, -0.2) is 5.10 Å². The molecule has 2 atom stereocenters. The Bertz CT molecular complexity index is 483. The van der Waals surface area contributed by atoms with Crippen LogP contribution in [0.25, 0.3) is 0 Å². The van der Waals surface area contributed by atoms with E-state index in [2.05, 4.69) is 15.5 Å². The minimum Gasteiger partial charge on any atom is -0.388 e. The van der Waals surface area contributed by atoms with E-state index < -0.39 is 5.60 Å². The summed E-state index contributed by atoms with van der Waals surface area (Å²) < 4.78 is 5.38. The van der Waals surface area contributed by atoms with Crippen LogP contribution in [0, 0.1) is 5.92 Å². The van der Waals surface area contributed by atoms with Gasteiger partial charge in [-0.1, -0.05) is 11.6 Å². The number of H-pyrrole nitrogens is 1. The SMILES string of the molecule is CC(O)(CNc1cc(=O)[nH]nc1Cl)C1CCCOC1. The van der Waals surface area contributed by atoms with Gasteiger partial charge in [-0.15, -0.1) is 0 Å². The molecule has 1 aromatic rings. The molecule has 0 radical (unpaired) electrons. The van der Waals surface area contributed by atoms with Gasteiger partial charge in [0.05, 0.1) is 17.9 Å². The topological polar surface area (TPSA) is 87.2 Å². The van der Waals surface area contributed by atoms with E-state index in [0.29, 0.717) is 12.3 Å². The third kappa shape index (κ3) is 3.68. The lowest BCUT2D eigenvalue weighted by Gasteiger charge is -2.35. The van der Waals surface area contributed by atoms with Crippen molar-refractivity contribution in [3.05, 3.63) is 21.6 Å². The number of halogens is 1. The van der Waals surface area contributed by atoms with E-state index in [4.69, 9.17) is 16.3 Å². The van der Waals surface area contributed by atoms with E-state index in [0.717, 1.165) is 19.4 Å². The zero-order chi connectivity index (χ0) is 13.9. The Morgan fingerprint density at radius 3 is 3.21 bits per heavy atom. The fourth-order valence-electron chi connectivity index (χ4n) is 2.16. The fraction of sp³-hybridized carbons (Fsp3) is 0.667. The number of ether oxygens (including phenoxy) is 1. The summed E-state index contributed by atoms with van der Waals surface area (Å²) in [6, 6.07) is 1.32. The Hall–Kier alpha value is -1.11. The van der Waals surface area contributed by atoms with Crippen LogP contribution in [0.1, 0.15) is 19.8 Å². The smallest absolute Gasteiger partial charge is 0.266 e. The summed E-state index contributed by atoms with van der Waals surface area (Å²) in [5.74, 6) is 0.0717. The van der Waals surface area contributed by atoms with Gasteiger partial charge in [-0.05, 0) is 19.8 Å². The van der Waals surface area contributed by atoms with Gasteiger partial charge in [0.25, 0.3) is 5.56 Å². The summed E-state index contributed by atoms with van der Waals surface area (Å²) in [6.45, 7) is 3.35. The second kappa shape index (κ2) is 5.90. The Kier molecular flexibility index (Phi) is 4.44. The molecule has 0 amide bonds. The van der Waals surface area contributed by atoms with Crippen LogP contribution in [0.5, 0.6) is 0 Å². The molecule has 1 fully saturated rings. The zero-order valence-corrected chi connectivity index (χ0v) is 11.5. The molecule has 2 rings (SSSR count). The van der Waals surface area contributed by atoms with Gasteiger partial charge in [0.2, 0.25) is 0 Å². The minimum atomic E-state index is -0.924. The molecular weight excluding hydrogens is 270 g/mol. The summed E-state index contributed by atoms with van der Waals surface area (Å²) >= 11 is 5.86. The maximum atomic E-state index is 11.2. The Morgan fingerprint density at radius 1 is 1.74 bits per heavy atom. The number of rotatable bonds is 4. The molecule has 19 heavy (non-hydrogen) atoms. The van der Waals surface area contributed by atoms with Crippen molar-refractivity contribution in [3.8, 4) is 0 Å². The number of aromatic amines is 1. The van der Waals surface area contributed by atoms with Crippen LogP contribution in [0.3, 0.4) is 0 Å². The standard InChI is InChI=1S/C12H18ClN3O3/c1-12(18,8-3-2-4-19-6-8)7-14-9-5-10(17)15-16-11(9)13/h5,8,18H,2-4,6-7H2,1H3,(H2,14,15,17). The highest BCUT2D eigenvalue weighted by Crippen LogP contribution is 2.27. The first kappa shape index (κ1) is 14.3. The molecule has 6 nitrogen and oxygen atoms in total. The largest absolute Gasteiger partial charge is 0.388 e. The van der Waals surface area contributed by atoms with Crippen LogP contribution in [0.4, 0.5) is 5.69 Å². The normalized spacial score (nSPS) is 22.8. The average Bonchev–Trinajstić information content (AvgIpc) is 2.41. The minimum absolute atomic E-state index is 0.0717. The highest BCUT2D eigenvalue weighted by molar-refractivity contribution is 6.31. The third-order valence-corrected chi connectivity index (χ3v) is 3.73. The molecule has 0 spiro atoms. The van der Waals surface area contributed by atoms with E-state index in [1.54, 1.807) is 6.92 Å². The van der Waals surface area contributed by atoms with Gasteiger partial charge in [0, 0.05) is 25.1 Å². The molecule has 2 heterocycles. The highest BCUT2D eigenvalue weighted by Gasteiger charge is 2.33. The average molecular weight is 288 g/mol. The fourth-order valence-corrected chi connectivity index (χ4v) is 2.32. The number of anilines is 1. The van der Waals surface area contributed by atoms with E-state index >= 15 is 0 Å². The Labute approximate surface area is 116 Å². The molecule has 0 bridgehead atoms. The second-order valence-corrected chi connectivity index (χ2v) is 5.42. The quantitative estimate of drug-likeness (QED) is 0.769. The summed E-state index contributed by atoms with van der Waals surface area (Å²) in [4.78, 5) is 11.2. The van der Waals surface area contributed by atoms with E-state index in [1.165, 1.54) is 6.07 Å². The maximum Gasteiger partial charge on any atom is 0.266 e. The van der Waals surface area contributed by atoms with Crippen LogP contribution >= 0.6 is 11.6 Å². The summed E-state index contributed by atoms with van der Waals surface area (Å²) in [7, 11) is 0. The van der Waals surface area contributed by atoms with E-state index in [1.807, 2.05) is 0 Å². The van der Waals surface area contributed by atoms with E-state index in [9.17, 15) is 9.90 Å². The lowest BCUT2D eigenvalue weighted by Crippen LogP contribution is -2.45. The van der Waals surface area contributed by atoms with Crippen LogP contribution in [0.2, 0.25) is 5.15 Å². The van der Waals surface area contributed by atoms with Crippen LogP contribution in [0.15, 0.2) is 10.9 Å². The maximum absolute atomic E-state index is 11.2. The molecule has 3 N–H and O–H groups in total. The molecule has 7 heteroatoms. The number of hydrogen-bond acceptors (Lipinski definition) is 5. The molecule has 106 valence electrons. The van der Waals surface area contributed by atoms with Crippen molar-refractivity contribution >= 4 is 17.3 Å². The highest BCUT2D eigenvalue weighted by atomic mass is 35.5. The number of nitrogens with one attached hydrogen (secondary N) is 2. The van der Waals surface area contributed by atoms with Crippen LogP contribution in [-0.4, -0.2) is 40.7 Å². The molecule has 1 aliphatic rings. The lowest BCUT2D eigenvalue weighted by atomic mass is 9.85. The van der Waals surface area contributed by atoms with Gasteiger partial charge in [0.15, 0.2) is 5.15 Å². The zero-order valence-electron chi connectivity index (χ0n) is 10.8. The summed E-state index contributed by atoms with van der Waals surface area (Å²) in [5.41, 5.74) is -0.846. The summed E-state index contributed by atoms with van der Waals surface area (Å²) in [5, 5.41) is 19.5. The molecule has 2 unspecified atom stereocenters. The molecule has 1 aromatic heterocycles. The Morgan fingerprint density at radius 2 is 2.53 bits per heavy atom. The number of aliphatic hydroxyl groups is 1. The number of hydrogen-bond donors (Lipinski definition) is 3. The van der Waals surface area contributed by atoms with Crippen molar-refractivity contribution < 1.29 is 9.84 Å². The van der Waals surface area contributed by atoms with Gasteiger partial charge >= 0.3 is 0 Å². The Balaban J connectivity index is 2.00. The summed E-state index contributed by atoms with van der Waals surface area (Å²) in [6.07, 6.45) is 1.88. The molecule has 1 aliphatic heterocycles. The van der Waals surface area contributed by atoms with Gasteiger partial charge in [-0.3, -0.25) is 4.79 Å². The van der Waals surface area contributed by atoms with Gasteiger partial charge < -0.3 is 15.2 Å². The first-order chi connectivity index (χ1) is 8.99. The van der Waals surface area contributed by atoms with Crippen molar-refractivity contribution in [2.24, 2.45) is 5.92 Å². The molecule has 0 aromatic carbocycles.